The van der Waals surface area contributed by atoms with Crippen LogP contribution in [0.25, 0.3) is 0 Å². The van der Waals surface area contributed by atoms with Crippen molar-refractivity contribution in [1.82, 2.24) is 4.31 Å². The first-order valence-corrected chi connectivity index (χ1v) is 15.2. The van der Waals surface area contributed by atoms with Crippen LogP contribution in [0.1, 0.15) is 58.8 Å². The molecule has 0 amide bonds. The predicted octanol–water partition coefficient (Wildman–Crippen LogP) is 5.74. The highest BCUT2D eigenvalue weighted by Gasteiger charge is 2.42. The average molecular weight is 565 g/mol. The Bertz CT molecular complexity index is 1100. The van der Waals surface area contributed by atoms with Crippen molar-refractivity contribution in [3.8, 4) is 5.75 Å². The number of sulfonamides is 1. The van der Waals surface area contributed by atoms with Gasteiger partial charge in [-0.05, 0) is 38.5 Å². The van der Waals surface area contributed by atoms with E-state index in [-0.39, 0.29) is 55.0 Å². The fourth-order valence-corrected chi connectivity index (χ4v) is 6.87. The number of unbranched alkanes of at least 4 members (excludes halogenated alkanes) is 1. The molecular formula is C25H35F3N2O5S2. The molecule has 0 N–H and O–H groups in total. The van der Waals surface area contributed by atoms with Crippen molar-refractivity contribution in [3.05, 3.63) is 24.2 Å². The van der Waals surface area contributed by atoms with E-state index in [1.165, 1.54) is 29.2 Å². The van der Waals surface area contributed by atoms with Crippen molar-refractivity contribution < 1.29 is 35.9 Å². The molecule has 208 valence electrons. The first kappa shape index (κ1) is 29.6. The molecule has 0 spiro atoms. The van der Waals surface area contributed by atoms with Crippen molar-refractivity contribution in [1.29, 1.82) is 0 Å². The van der Waals surface area contributed by atoms with Gasteiger partial charge in [0, 0.05) is 44.6 Å². The van der Waals surface area contributed by atoms with Crippen LogP contribution in [0.15, 0.2) is 34.0 Å². The molecule has 1 fully saturated rings. The van der Waals surface area contributed by atoms with E-state index in [2.05, 4.69) is 4.74 Å². The van der Waals surface area contributed by atoms with Crippen LogP contribution in [-0.4, -0.2) is 63.2 Å². The molecule has 1 aromatic rings. The molecule has 0 aromatic heterocycles. The summed E-state index contributed by atoms with van der Waals surface area (Å²) < 4.78 is 81.0. The van der Waals surface area contributed by atoms with Crippen LogP contribution in [-0.2, 0) is 19.6 Å². The number of likely N-dealkylation sites (N-methyl/N-ethyl adjacent to an activating group) is 1. The molecule has 1 unspecified atom stereocenters. The molecule has 1 aliphatic carbocycles. The zero-order valence-corrected chi connectivity index (χ0v) is 23.3. The highest BCUT2D eigenvalue weighted by atomic mass is 32.2. The molecule has 7 nitrogen and oxygen atoms in total. The van der Waals surface area contributed by atoms with E-state index in [4.69, 9.17) is 4.74 Å². The molecule has 1 aromatic carbocycles. The number of anilines is 1. The van der Waals surface area contributed by atoms with Crippen LogP contribution in [0.5, 0.6) is 5.75 Å². The zero-order chi connectivity index (χ0) is 27.4. The van der Waals surface area contributed by atoms with Crippen LogP contribution >= 0.6 is 11.8 Å². The fourth-order valence-electron chi connectivity index (χ4n) is 4.76. The van der Waals surface area contributed by atoms with Crippen LogP contribution < -0.4 is 9.64 Å². The second kappa shape index (κ2) is 12.3. The van der Waals surface area contributed by atoms with Gasteiger partial charge in [0.1, 0.15) is 16.9 Å². The minimum absolute atomic E-state index is 0.0122. The lowest BCUT2D eigenvalue weighted by atomic mass is 9.90. The van der Waals surface area contributed by atoms with Gasteiger partial charge >= 0.3 is 5.97 Å². The summed E-state index contributed by atoms with van der Waals surface area (Å²) in [5.74, 6) is -5.10. The third-order valence-electron chi connectivity index (χ3n) is 6.91. The molecule has 3 rings (SSSR count). The van der Waals surface area contributed by atoms with Crippen molar-refractivity contribution in [2.45, 2.75) is 86.6 Å². The summed E-state index contributed by atoms with van der Waals surface area (Å²) in [5, 5.41) is 0. The first-order chi connectivity index (χ1) is 17.4. The lowest BCUT2D eigenvalue weighted by Gasteiger charge is -2.39. The maximum absolute atomic E-state index is 14.1. The van der Waals surface area contributed by atoms with Gasteiger partial charge in [-0.25, -0.2) is 22.0 Å². The summed E-state index contributed by atoms with van der Waals surface area (Å²) in [6.45, 7) is 3.93. The number of halogens is 3. The molecule has 1 aliphatic heterocycles. The van der Waals surface area contributed by atoms with Gasteiger partial charge in [0.2, 0.25) is 21.8 Å². The Morgan fingerprint density at radius 2 is 1.92 bits per heavy atom. The van der Waals surface area contributed by atoms with Crippen LogP contribution in [0.3, 0.4) is 0 Å². The van der Waals surface area contributed by atoms with Gasteiger partial charge in [0.05, 0.1) is 17.2 Å². The summed E-state index contributed by atoms with van der Waals surface area (Å²) in [6, 6.07) is 2.40. The Morgan fingerprint density at radius 3 is 2.51 bits per heavy atom. The number of hydrogen-bond donors (Lipinski definition) is 0. The van der Waals surface area contributed by atoms with E-state index < -0.39 is 27.7 Å². The van der Waals surface area contributed by atoms with Crippen LogP contribution in [0.4, 0.5) is 18.9 Å². The molecule has 0 bridgehead atoms. The summed E-state index contributed by atoms with van der Waals surface area (Å²) in [5.41, 5.74) is 0.424. The zero-order valence-electron chi connectivity index (χ0n) is 21.6. The van der Waals surface area contributed by atoms with Gasteiger partial charge in [-0.3, -0.25) is 0 Å². The van der Waals surface area contributed by atoms with Gasteiger partial charge in [-0.15, -0.1) is 11.8 Å². The Kier molecular flexibility index (Phi) is 9.85. The van der Waals surface area contributed by atoms with Crippen LogP contribution in [0.2, 0.25) is 0 Å². The monoisotopic (exact) mass is 564 g/mol. The third kappa shape index (κ3) is 6.75. The molecule has 0 saturated heterocycles. The number of thioether (sulfide) groups is 1. The van der Waals surface area contributed by atoms with Gasteiger partial charge in [-0.1, -0.05) is 19.8 Å². The first-order valence-electron chi connectivity index (χ1n) is 12.5. The standard InChI is InChI=1S/C25H35F3N2O5S2/c1-5-7-8-18-15-30(17-9-11-25(27,28)12-10-17)20-13-22(36-4)21(14-23(20)37(32,33)29(18)3)35-16-19(26)24(31)34-6-2/h13-14,16-18H,5-12,15H2,1-4H3/b19-16-. The van der Waals surface area contributed by atoms with Gasteiger partial charge in [-0.2, -0.15) is 8.70 Å². The van der Waals surface area contributed by atoms with Crippen molar-refractivity contribution in [2.24, 2.45) is 0 Å². The second-order valence-corrected chi connectivity index (χ2v) is 12.1. The number of alkyl halides is 2. The normalized spacial score (nSPS) is 22.3. The SMILES string of the molecule is CCCCC1CN(C2CCC(F)(F)CC2)c2cc(SC)c(O/C=C(\F)C(=O)OCC)cc2S(=O)(=O)N1C. The highest BCUT2D eigenvalue weighted by Crippen LogP contribution is 2.44. The molecule has 1 heterocycles. The van der Waals surface area contributed by atoms with E-state index in [0.29, 0.717) is 29.8 Å². The summed E-state index contributed by atoms with van der Waals surface area (Å²) in [6.07, 6.45) is 4.69. The fraction of sp³-hybridized carbons (Fsp3) is 0.640. The van der Waals surface area contributed by atoms with Crippen LogP contribution in [0, 0.1) is 0 Å². The lowest BCUT2D eigenvalue weighted by molar-refractivity contribution is -0.140. The topological polar surface area (TPSA) is 76.1 Å². The number of nitrogens with zero attached hydrogens (tertiary/aromatic N) is 2. The minimum Gasteiger partial charge on any atom is -0.461 e. The molecule has 1 atom stereocenters. The number of carbonyl (C=O) groups excluding carboxylic acids is 1. The Labute approximate surface area is 221 Å². The summed E-state index contributed by atoms with van der Waals surface area (Å²) >= 11 is 1.26. The van der Waals surface area contributed by atoms with Crippen molar-refractivity contribution in [2.75, 3.05) is 31.4 Å². The second-order valence-electron chi connectivity index (χ2n) is 9.33. The molecule has 2 aliphatic rings. The number of rotatable bonds is 9. The smallest absolute Gasteiger partial charge is 0.370 e. The Morgan fingerprint density at radius 1 is 1.24 bits per heavy atom. The quantitative estimate of drug-likeness (QED) is 0.164. The molecule has 12 heteroatoms. The number of ether oxygens (including phenoxy) is 2. The maximum Gasteiger partial charge on any atom is 0.370 e. The minimum atomic E-state index is -3.99. The number of hydrogen-bond acceptors (Lipinski definition) is 7. The summed E-state index contributed by atoms with van der Waals surface area (Å²) in [4.78, 5) is 14.1. The Hall–Kier alpha value is -1.92. The molecule has 1 saturated carbocycles. The van der Waals surface area contributed by atoms with Crippen molar-refractivity contribution >= 4 is 33.4 Å². The van der Waals surface area contributed by atoms with E-state index in [9.17, 15) is 26.4 Å². The third-order valence-corrected chi connectivity index (χ3v) is 9.61. The molecule has 0 radical (unpaired) electrons. The van der Waals surface area contributed by atoms with Crippen molar-refractivity contribution in [3.63, 3.8) is 0 Å². The van der Waals surface area contributed by atoms with Gasteiger partial charge < -0.3 is 14.4 Å². The number of benzene rings is 1. The highest BCUT2D eigenvalue weighted by molar-refractivity contribution is 7.98. The maximum atomic E-state index is 14.1. The number of carbonyl (C=O) groups is 1. The Balaban J connectivity index is 2.10. The van der Waals surface area contributed by atoms with E-state index in [1.54, 1.807) is 19.2 Å². The predicted molar refractivity (Wildman–Crippen MR) is 137 cm³/mol. The number of esters is 1. The van der Waals surface area contributed by atoms with E-state index >= 15 is 0 Å². The van der Waals surface area contributed by atoms with Gasteiger partial charge in [0.25, 0.3) is 0 Å². The summed E-state index contributed by atoms with van der Waals surface area (Å²) in [7, 11) is -2.46. The average Bonchev–Trinajstić information content (AvgIpc) is 2.94. The number of fused-ring (bicyclic) bond motifs is 1. The lowest BCUT2D eigenvalue weighted by Crippen LogP contribution is -2.47. The van der Waals surface area contributed by atoms with E-state index in [0.717, 1.165) is 12.8 Å². The molecule has 37 heavy (non-hydrogen) atoms. The largest absolute Gasteiger partial charge is 0.461 e. The van der Waals surface area contributed by atoms with E-state index in [1.807, 2.05) is 11.8 Å². The molecular weight excluding hydrogens is 529 g/mol. The van der Waals surface area contributed by atoms with Gasteiger partial charge in [0.15, 0.2) is 0 Å².